The number of aryl methyl sites for hydroxylation is 2. The molecule has 0 atom stereocenters. The molecular formula is C38H63KO3S. The van der Waals surface area contributed by atoms with E-state index in [1.807, 2.05) is 24.3 Å². The second-order valence-electron chi connectivity index (χ2n) is 12.8. The van der Waals surface area contributed by atoms with Crippen molar-refractivity contribution in [3.05, 3.63) is 41.5 Å². The third-order valence-electron chi connectivity index (χ3n) is 9.01. The average molecular weight is 639 g/mol. The summed E-state index contributed by atoms with van der Waals surface area (Å²) in [5, 5.41) is 2.00. The first-order valence-electron chi connectivity index (χ1n) is 18.0. The van der Waals surface area contributed by atoms with Crippen molar-refractivity contribution in [1.29, 1.82) is 0 Å². The van der Waals surface area contributed by atoms with Gasteiger partial charge in [-0.1, -0.05) is 179 Å². The van der Waals surface area contributed by atoms with E-state index in [1.54, 1.807) is 0 Å². The van der Waals surface area contributed by atoms with Crippen molar-refractivity contribution >= 4 is 20.9 Å². The third kappa shape index (κ3) is 18.2. The topological polar surface area (TPSA) is 57.2 Å². The molecule has 0 aliphatic heterocycles. The Morgan fingerprint density at radius 2 is 0.907 bits per heavy atom. The molecule has 2 aromatic carbocycles. The number of unbranched alkanes of at least 4 members (excludes halogenated alkanes) is 22. The molecule has 0 amide bonds. The van der Waals surface area contributed by atoms with Crippen LogP contribution in [-0.2, 0) is 23.0 Å². The van der Waals surface area contributed by atoms with Crippen LogP contribution in [0.4, 0.5) is 0 Å². The van der Waals surface area contributed by atoms with E-state index in [0.717, 1.165) is 47.6 Å². The number of hydrogen-bond acceptors (Lipinski definition) is 3. The summed E-state index contributed by atoms with van der Waals surface area (Å²) in [7, 11) is -4.54. The molecule has 0 radical (unpaired) electrons. The molecule has 0 aromatic heterocycles. The standard InChI is InChI=1S/C38H64O3S.K/c1-3-5-7-9-11-13-15-17-19-21-23-25-30-35-33-34-29-27-28-31-36(34)37(38(35)42(39,40)41)32-26-24-22-20-18-16-14-12-10-8-6-4-2;/h27-29,31,33H,3-26,30,32H2,1-2H3,(H,39,40,41);/q;+1/p-1. The maximum absolute atomic E-state index is 12.6. The summed E-state index contributed by atoms with van der Waals surface area (Å²) in [6.45, 7) is 4.53. The Bertz CT molecular complexity index is 1070. The number of fused-ring (bicyclic) bond motifs is 1. The van der Waals surface area contributed by atoms with E-state index in [2.05, 4.69) is 19.9 Å². The predicted molar refractivity (Wildman–Crippen MR) is 181 cm³/mol. The zero-order chi connectivity index (χ0) is 30.3. The van der Waals surface area contributed by atoms with Gasteiger partial charge in [-0.05, 0) is 53.6 Å². The monoisotopic (exact) mass is 638 g/mol. The Hall–Kier alpha value is 0.246. The van der Waals surface area contributed by atoms with Crippen molar-refractivity contribution in [2.45, 2.75) is 186 Å². The molecular weight excluding hydrogens is 576 g/mol. The van der Waals surface area contributed by atoms with Gasteiger partial charge in [0.25, 0.3) is 0 Å². The molecule has 0 fully saturated rings. The Morgan fingerprint density at radius 1 is 0.535 bits per heavy atom. The van der Waals surface area contributed by atoms with Gasteiger partial charge in [-0.15, -0.1) is 0 Å². The van der Waals surface area contributed by atoms with Crippen LogP contribution < -0.4 is 51.4 Å². The zero-order valence-electron chi connectivity index (χ0n) is 28.4. The molecule has 3 nitrogen and oxygen atoms in total. The zero-order valence-corrected chi connectivity index (χ0v) is 32.3. The van der Waals surface area contributed by atoms with Crippen LogP contribution >= 0.6 is 0 Å². The summed E-state index contributed by atoms with van der Waals surface area (Å²) in [5.74, 6) is 0. The second kappa shape index (κ2) is 26.3. The van der Waals surface area contributed by atoms with Gasteiger partial charge in [-0.25, -0.2) is 8.42 Å². The van der Waals surface area contributed by atoms with Gasteiger partial charge < -0.3 is 4.55 Å². The molecule has 0 saturated heterocycles. The molecule has 2 aromatic rings. The average Bonchev–Trinajstić information content (AvgIpc) is 2.97. The van der Waals surface area contributed by atoms with Crippen LogP contribution in [0.15, 0.2) is 35.2 Å². The van der Waals surface area contributed by atoms with E-state index in [0.29, 0.717) is 12.8 Å². The summed E-state index contributed by atoms with van der Waals surface area (Å²) in [6.07, 6.45) is 31.9. The van der Waals surface area contributed by atoms with Crippen molar-refractivity contribution in [2.75, 3.05) is 0 Å². The van der Waals surface area contributed by atoms with Crippen LogP contribution in [0.1, 0.15) is 179 Å². The normalized spacial score (nSPS) is 11.7. The predicted octanol–water partition coefficient (Wildman–Crippen LogP) is 9.24. The Morgan fingerprint density at radius 3 is 1.33 bits per heavy atom. The molecule has 0 aliphatic rings. The second-order valence-corrected chi connectivity index (χ2v) is 14.1. The SMILES string of the molecule is CCCCCCCCCCCCCCc1cc2ccccc2c(CCCCCCCCCCCCCC)c1S(=O)(=O)[O-].[K+]. The molecule has 0 N–H and O–H groups in total. The van der Waals surface area contributed by atoms with Crippen molar-refractivity contribution in [3.63, 3.8) is 0 Å². The minimum atomic E-state index is -4.54. The summed E-state index contributed by atoms with van der Waals surface area (Å²) in [5.41, 5.74) is 1.51. The molecule has 43 heavy (non-hydrogen) atoms. The van der Waals surface area contributed by atoms with Gasteiger partial charge in [0, 0.05) is 0 Å². The fraction of sp³-hybridized carbons (Fsp3) is 0.737. The van der Waals surface area contributed by atoms with Gasteiger partial charge in [0.15, 0.2) is 0 Å². The van der Waals surface area contributed by atoms with Crippen molar-refractivity contribution in [2.24, 2.45) is 0 Å². The van der Waals surface area contributed by atoms with Crippen LogP contribution in [0, 0.1) is 0 Å². The molecule has 0 unspecified atom stereocenters. The van der Waals surface area contributed by atoms with Gasteiger partial charge >= 0.3 is 51.4 Å². The van der Waals surface area contributed by atoms with Gasteiger partial charge in [-0.2, -0.15) is 0 Å². The number of benzene rings is 2. The van der Waals surface area contributed by atoms with Crippen LogP contribution in [0.2, 0.25) is 0 Å². The molecule has 0 spiro atoms. The van der Waals surface area contributed by atoms with Gasteiger partial charge in [0.05, 0.1) is 4.90 Å². The van der Waals surface area contributed by atoms with Crippen LogP contribution in [0.25, 0.3) is 10.8 Å². The minimum absolute atomic E-state index is 0. The van der Waals surface area contributed by atoms with E-state index in [1.165, 1.54) is 128 Å². The number of rotatable bonds is 27. The molecule has 0 bridgehead atoms. The van der Waals surface area contributed by atoms with E-state index < -0.39 is 10.1 Å². The molecule has 0 heterocycles. The van der Waals surface area contributed by atoms with E-state index in [4.69, 9.17) is 0 Å². The summed E-state index contributed by atoms with van der Waals surface area (Å²) >= 11 is 0. The Kier molecular flexibility index (Phi) is 25.3. The van der Waals surface area contributed by atoms with Crippen LogP contribution in [0.5, 0.6) is 0 Å². The van der Waals surface area contributed by atoms with Crippen LogP contribution in [-0.4, -0.2) is 13.0 Å². The smallest absolute Gasteiger partial charge is 0.744 e. The van der Waals surface area contributed by atoms with Gasteiger partial charge in [0.1, 0.15) is 10.1 Å². The first-order valence-corrected chi connectivity index (χ1v) is 19.4. The first kappa shape index (κ1) is 41.3. The minimum Gasteiger partial charge on any atom is -0.744 e. The van der Waals surface area contributed by atoms with Gasteiger partial charge in [-0.3, -0.25) is 0 Å². The fourth-order valence-corrected chi connectivity index (χ4v) is 7.51. The first-order chi connectivity index (χ1) is 20.5. The molecule has 0 aliphatic carbocycles. The maximum Gasteiger partial charge on any atom is 1.00 e. The Labute approximate surface area is 309 Å². The molecule has 2 rings (SSSR count). The third-order valence-corrected chi connectivity index (χ3v) is 10.0. The summed E-state index contributed by atoms with van der Waals surface area (Å²) < 4.78 is 37.8. The van der Waals surface area contributed by atoms with Gasteiger partial charge in [0.2, 0.25) is 0 Å². The quantitative estimate of drug-likeness (QED) is 0.0557. The van der Waals surface area contributed by atoms with Crippen molar-refractivity contribution in [1.82, 2.24) is 0 Å². The maximum atomic E-state index is 12.6. The van der Waals surface area contributed by atoms with Crippen molar-refractivity contribution in [3.8, 4) is 0 Å². The number of hydrogen-bond donors (Lipinski definition) is 0. The largest absolute Gasteiger partial charge is 1.00 e. The van der Waals surface area contributed by atoms with E-state index in [9.17, 15) is 13.0 Å². The fourth-order valence-electron chi connectivity index (χ4n) is 6.51. The van der Waals surface area contributed by atoms with Crippen molar-refractivity contribution < 1.29 is 64.4 Å². The molecule has 240 valence electrons. The summed E-state index contributed by atoms with van der Waals surface area (Å²) in [4.78, 5) is 0.0901. The summed E-state index contributed by atoms with van der Waals surface area (Å²) in [6, 6.07) is 10.0. The van der Waals surface area contributed by atoms with E-state index >= 15 is 0 Å². The molecule has 5 heteroatoms. The molecule has 0 saturated carbocycles. The van der Waals surface area contributed by atoms with E-state index in [-0.39, 0.29) is 56.3 Å². The Balaban J connectivity index is 0.00000924. The van der Waals surface area contributed by atoms with Crippen LogP contribution in [0.3, 0.4) is 0 Å².